The van der Waals surface area contributed by atoms with Crippen molar-refractivity contribution in [2.24, 2.45) is 28.3 Å². The number of fused-ring (bicyclic) bond motifs is 1. The summed E-state index contributed by atoms with van der Waals surface area (Å²) in [6, 6.07) is -0.472. The van der Waals surface area contributed by atoms with Crippen LogP contribution in [0.1, 0.15) is 78.6 Å². The third kappa shape index (κ3) is 3.99. The molecule has 3 aliphatic rings. The summed E-state index contributed by atoms with van der Waals surface area (Å²) < 4.78 is 0. The van der Waals surface area contributed by atoms with E-state index in [4.69, 9.17) is 0 Å². The number of nitrogens with zero attached hydrogens (tertiary/aromatic N) is 1. The predicted octanol–water partition coefficient (Wildman–Crippen LogP) is 6.34. The lowest BCUT2D eigenvalue weighted by atomic mass is 9.61. The van der Waals surface area contributed by atoms with Gasteiger partial charge in [0.25, 0.3) is 0 Å². The second-order valence-electron chi connectivity index (χ2n) is 9.55. The summed E-state index contributed by atoms with van der Waals surface area (Å²) in [4.78, 5) is 11.0. The fraction of sp³-hybridized carbons (Fsp3) is 0.750. The van der Waals surface area contributed by atoms with Gasteiger partial charge in [0.2, 0.25) is 0 Å². The Morgan fingerprint density at radius 3 is 2.81 bits per heavy atom. The molecule has 3 fully saturated rings. The molecule has 1 unspecified atom stereocenters. The van der Waals surface area contributed by atoms with Crippen molar-refractivity contribution in [1.29, 1.82) is 0 Å². The molecule has 3 nitrogen and oxygen atoms in total. The minimum Gasteiger partial charge on any atom is -0.388 e. The zero-order valence-corrected chi connectivity index (χ0v) is 17.4. The Balaban J connectivity index is 1.77. The van der Waals surface area contributed by atoms with Crippen molar-refractivity contribution >= 4 is 0 Å². The molecule has 0 saturated heterocycles. The van der Waals surface area contributed by atoms with Crippen molar-refractivity contribution < 1.29 is 5.11 Å². The molecule has 0 amide bonds. The van der Waals surface area contributed by atoms with Crippen LogP contribution < -0.4 is 0 Å². The van der Waals surface area contributed by atoms with Crippen LogP contribution in [-0.4, -0.2) is 17.3 Å². The van der Waals surface area contributed by atoms with Gasteiger partial charge in [0.15, 0.2) is 0 Å². The lowest BCUT2D eigenvalue weighted by molar-refractivity contribution is 0.0940. The molecule has 150 valence electrons. The normalized spacial score (nSPS) is 41.0. The third-order valence-corrected chi connectivity index (χ3v) is 7.90. The average molecular weight is 372 g/mol. The van der Waals surface area contributed by atoms with Crippen molar-refractivity contribution in [1.82, 2.24) is 0 Å². The van der Waals surface area contributed by atoms with E-state index in [-0.39, 0.29) is 0 Å². The second kappa shape index (κ2) is 8.43. The van der Waals surface area contributed by atoms with Gasteiger partial charge in [-0.1, -0.05) is 68.7 Å². The Morgan fingerprint density at radius 2 is 2.11 bits per heavy atom. The summed E-state index contributed by atoms with van der Waals surface area (Å²) >= 11 is 0. The molecular weight excluding hydrogens is 334 g/mol. The van der Waals surface area contributed by atoms with E-state index < -0.39 is 12.1 Å². The molecule has 0 radical (unpaired) electrons. The minimum absolute atomic E-state index is 0.449. The van der Waals surface area contributed by atoms with E-state index in [0.29, 0.717) is 29.7 Å². The molecule has 3 saturated carbocycles. The van der Waals surface area contributed by atoms with E-state index in [9.17, 15) is 10.0 Å². The van der Waals surface area contributed by atoms with Crippen LogP contribution in [0.5, 0.6) is 0 Å². The number of rotatable bonds is 5. The van der Waals surface area contributed by atoms with Crippen molar-refractivity contribution in [2.75, 3.05) is 0 Å². The maximum Gasteiger partial charge on any atom is 0.119 e. The molecular formula is C24H37NO2. The third-order valence-electron chi connectivity index (χ3n) is 7.90. The molecule has 0 bridgehead atoms. The molecule has 0 spiro atoms. The molecule has 0 heterocycles. The Morgan fingerprint density at radius 1 is 1.33 bits per heavy atom. The standard InChI is InChI=1S/C24H37NO2/c1-5-7-16(2)20-11-12-21-19(8-6-13-24(20,21)4)10-9-18-14-22(25-27)17(3)23(26)15-18/h9-10,16,20-23,26H,3,5-8,11-15H2,1-2,4H3/b18-9-,19-10+/t16-,20?,21-,22+,23+,24+/m0/s1. The van der Waals surface area contributed by atoms with Crippen LogP contribution in [0.3, 0.4) is 0 Å². The summed E-state index contributed by atoms with van der Waals surface area (Å²) in [5.74, 6) is 2.37. The predicted molar refractivity (Wildman–Crippen MR) is 112 cm³/mol. The van der Waals surface area contributed by atoms with Crippen LogP contribution in [0.4, 0.5) is 0 Å². The summed E-state index contributed by atoms with van der Waals surface area (Å²) in [5, 5.41) is 13.3. The molecule has 6 atom stereocenters. The molecule has 3 heteroatoms. The zero-order valence-electron chi connectivity index (χ0n) is 17.4. The van der Waals surface area contributed by atoms with E-state index in [2.05, 4.69) is 44.7 Å². The fourth-order valence-electron chi connectivity index (χ4n) is 6.40. The van der Waals surface area contributed by atoms with Gasteiger partial charge in [0.05, 0.1) is 6.10 Å². The van der Waals surface area contributed by atoms with Crippen LogP contribution in [0.2, 0.25) is 0 Å². The van der Waals surface area contributed by atoms with Crippen LogP contribution in [0.25, 0.3) is 0 Å². The highest BCUT2D eigenvalue weighted by Crippen LogP contribution is 2.59. The Kier molecular flexibility index (Phi) is 6.40. The van der Waals surface area contributed by atoms with Crippen LogP contribution >= 0.6 is 0 Å². The number of allylic oxidation sites excluding steroid dienone is 3. The molecule has 0 aromatic heterocycles. The van der Waals surface area contributed by atoms with Gasteiger partial charge in [-0.2, -0.15) is 4.91 Å². The first-order chi connectivity index (χ1) is 12.9. The van der Waals surface area contributed by atoms with E-state index in [1.807, 2.05) is 0 Å². The highest BCUT2D eigenvalue weighted by atomic mass is 16.3. The number of aliphatic hydroxyl groups excluding tert-OH is 1. The topological polar surface area (TPSA) is 49.7 Å². The largest absolute Gasteiger partial charge is 0.388 e. The van der Waals surface area contributed by atoms with Gasteiger partial charge >= 0.3 is 0 Å². The number of hydrogen-bond acceptors (Lipinski definition) is 3. The van der Waals surface area contributed by atoms with Gasteiger partial charge in [0, 0.05) is 0 Å². The van der Waals surface area contributed by atoms with Crippen LogP contribution in [0.15, 0.2) is 40.6 Å². The quantitative estimate of drug-likeness (QED) is 0.453. The van der Waals surface area contributed by atoms with Gasteiger partial charge in [-0.3, -0.25) is 0 Å². The monoisotopic (exact) mass is 371 g/mol. The number of nitroso groups, excluding NO2 is 1. The van der Waals surface area contributed by atoms with E-state index in [1.165, 1.54) is 44.9 Å². The van der Waals surface area contributed by atoms with Gasteiger partial charge in [-0.15, -0.1) is 0 Å². The molecule has 1 N–H and O–H groups in total. The first-order valence-electron chi connectivity index (χ1n) is 11.0. The smallest absolute Gasteiger partial charge is 0.119 e. The van der Waals surface area contributed by atoms with Crippen molar-refractivity contribution in [3.05, 3.63) is 40.4 Å². The molecule has 3 aliphatic carbocycles. The van der Waals surface area contributed by atoms with E-state index in [0.717, 1.165) is 17.4 Å². The van der Waals surface area contributed by atoms with Crippen molar-refractivity contribution in [3.63, 3.8) is 0 Å². The Hall–Kier alpha value is -1.22. The lowest BCUT2D eigenvalue weighted by Gasteiger charge is -2.44. The lowest BCUT2D eigenvalue weighted by Crippen LogP contribution is -2.36. The minimum atomic E-state index is -0.631. The van der Waals surface area contributed by atoms with E-state index in [1.54, 1.807) is 5.57 Å². The van der Waals surface area contributed by atoms with Crippen LogP contribution in [-0.2, 0) is 0 Å². The number of aliphatic hydroxyl groups is 1. The van der Waals surface area contributed by atoms with Crippen molar-refractivity contribution in [3.8, 4) is 0 Å². The SMILES string of the molecule is C=C1[C@H](O)C/C(=C\C=C2/CCC[C@]3(C)C([C@@H](C)CCC)CC[C@@H]23)C[C@H]1N=O. The zero-order chi connectivity index (χ0) is 19.6. The van der Waals surface area contributed by atoms with Gasteiger partial charge < -0.3 is 5.11 Å². The summed E-state index contributed by atoms with van der Waals surface area (Å²) in [7, 11) is 0. The molecule has 0 aromatic rings. The Labute approximate surface area is 165 Å². The Bertz CT molecular complexity index is 634. The highest BCUT2D eigenvalue weighted by Gasteiger charge is 2.50. The summed E-state index contributed by atoms with van der Waals surface area (Å²) in [6.07, 6.45) is 14.2. The number of hydrogen-bond donors (Lipinski definition) is 1. The van der Waals surface area contributed by atoms with Crippen molar-refractivity contribution in [2.45, 2.75) is 90.7 Å². The maximum atomic E-state index is 11.0. The highest BCUT2D eigenvalue weighted by molar-refractivity contribution is 5.30. The first kappa shape index (κ1) is 20.5. The fourth-order valence-corrected chi connectivity index (χ4v) is 6.40. The molecule has 27 heavy (non-hydrogen) atoms. The van der Waals surface area contributed by atoms with Crippen LogP contribution in [0, 0.1) is 28.1 Å². The maximum absolute atomic E-state index is 11.0. The van der Waals surface area contributed by atoms with Gasteiger partial charge in [0.1, 0.15) is 6.04 Å². The molecule has 0 aromatic carbocycles. The van der Waals surface area contributed by atoms with E-state index >= 15 is 0 Å². The summed E-state index contributed by atoms with van der Waals surface area (Å²) in [5.41, 5.74) is 3.75. The van der Waals surface area contributed by atoms with Gasteiger partial charge in [-0.05, 0) is 73.7 Å². The second-order valence-corrected chi connectivity index (χ2v) is 9.55. The average Bonchev–Trinajstić information content (AvgIpc) is 3.00. The molecule has 3 rings (SSSR count). The first-order valence-corrected chi connectivity index (χ1v) is 11.0. The summed E-state index contributed by atoms with van der Waals surface area (Å²) in [6.45, 7) is 11.1. The van der Waals surface area contributed by atoms with Gasteiger partial charge in [-0.25, -0.2) is 0 Å². The molecule has 0 aliphatic heterocycles.